The van der Waals surface area contributed by atoms with Gasteiger partial charge >= 0.3 is 0 Å². The number of hydrogen-bond acceptors (Lipinski definition) is 4. The molecule has 6 nitrogen and oxygen atoms in total. The van der Waals surface area contributed by atoms with E-state index in [1.165, 1.54) is 43.2 Å². The monoisotopic (exact) mass is 469 g/mol. The molecule has 1 saturated heterocycles. The van der Waals surface area contributed by atoms with Crippen LogP contribution >= 0.6 is 11.6 Å². The van der Waals surface area contributed by atoms with E-state index in [-0.39, 0.29) is 27.1 Å². The molecule has 32 heavy (non-hydrogen) atoms. The van der Waals surface area contributed by atoms with E-state index in [1.54, 1.807) is 12.1 Å². The van der Waals surface area contributed by atoms with Crippen LogP contribution < -0.4 is 14.9 Å². The van der Waals surface area contributed by atoms with E-state index >= 15 is 0 Å². The molecular formula is C24H24ClN3O3S. The van der Waals surface area contributed by atoms with Crippen LogP contribution in [0.1, 0.15) is 28.8 Å². The van der Waals surface area contributed by atoms with Gasteiger partial charge in [0.1, 0.15) is 0 Å². The number of anilines is 3. The smallest absolute Gasteiger partial charge is 0.261 e. The van der Waals surface area contributed by atoms with E-state index in [0.29, 0.717) is 5.69 Å². The number of hydrogen-bond donors (Lipinski definition) is 2. The Hall–Kier alpha value is -3.03. The average Bonchev–Trinajstić information content (AvgIpc) is 3.29. The zero-order chi connectivity index (χ0) is 22.7. The molecule has 0 unspecified atom stereocenters. The highest BCUT2D eigenvalue weighted by molar-refractivity contribution is 7.92. The summed E-state index contributed by atoms with van der Waals surface area (Å²) < 4.78 is 27.6. The van der Waals surface area contributed by atoms with Crippen LogP contribution in [0, 0.1) is 6.92 Å². The van der Waals surface area contributed by atoms with Crippen molar-refractivity contribution < 1.29 is 13.2 Å². The Kier molecular flexibility index (Phi) is 6.39. The van der Waals surface area contributed by atoms with E-state index < -0.39 is 10.0 Å². The van der Waals surface area contributed by atoms with Crippen LogP contribution in [0.15, 0.2) is 71.6 Å². The molecule has 2 N–H and O–H groups in total. The molecule has 0 bridgehead atoms. The number of aryl methyl sites for hydroxylation is 1. The lowest BCUT2D eigenvalue weighted by molar-refractivity contribution is 0.102. The Balaban J connectivity index is 1.44. The van der Waals surface area contributed by atoms with Crippen LogP contribution in [0.25, 0.3) is 0 Å². The number of amides is 1. The van der Waals surface area contributed by atoms with Gasteiger partial charge < -0.3 is 10.2 Å². The highest BCUT2D eigenvalue weighted by Gasteiger charge is 2.17. The molecule has 1 heterocycles. The molecule has 0 spiro atoms. The third kappa shape index (κ3) is 5.06. The zero-order valence-corrected chi connectivity index (χ0v) is 19.2. The van der Waals surface area contributed by atoms with Gasteiger partial charge in [-0.1, -0.05) is 29.3 Å². The molecule has 0 aromatic heterocycles. The van der Waals surface area contributed by atoms with Crippen molar-refractivity contribution in [1.82, 2.24) is 0 Å². The highest BCUT2D eigenvalue weighted by Crippen LogP contribution is 2.26. The number of halogens is 1. The lowest BCUT2D eigenvalue weighted by Crippen LogP contribution is -2.17. The summed E-state index contributed by atoms with van der Waals surface area (Å²) >= 11 is 6.30. The normalized spacial score (nSPS) is 13.8. The molecule has 1 fully saturated rings. The van der Waals surface area contributed by atoms with Gasteiger partial charge in [-0.15, -0.1) is 0 Å². The topological polar surface area (TPSA) is 78.5 Å². The fourth-order valence-corrected chi connectivity index (χ4v) is 4.94. The van der Waals surface area contributed by atoms with Crippen LogP contribution in [0.5, 0.6) is 0 Å². The van der Waals surface area contributed by atoms with Crippen molar-refractivity contribution in [3.05, 3.63) is 82.9 Å². The molecule has 1 aliphatic heterocycles. The quantitative estimate of drug-likeness (QED) is 0.513. The van der Waals surface area contributed by atoms with Crippen molar-refractivity contribution in [3.63, 3.8) is 0 Å². The summed E-state index contributed by atoms with van der Waals surface area (Å²) in [5.74, 6) is -0.364. The number of nitrogens with zero attached hydrogens (tertiary/aromatic N) is 1. The zero-order valence-electron chi connectivity index (χ0n) is 17.6. The van der Waals surface area contributed by atoms with Gasteiger partial charge in [-0.3, -0.25) is 9.52 Å². The number of benzene rings is 3. The maximum atomic E-state index is 12.7. The standard InChI is InChI=1S/C24H24ClN3O3S/c1-17-4-11-21(12-5-17)32(30,31)27-19-8-13-22(23(25)16-19)24(29)26-18-6-9-20(10-7-18)28-14-2-3-15-28/h4-13,16,27H,2-3,14-15H2,1H3,(H,26,29). The van der Waals surface area contributed by atoms with E-state index in [9.17, 15) is 13.2 Å². The molecule has 166 valence electrons. The molecule has 0 atom stereocenters. The lowest BCUT2D eigenvalue weighted by atomic mass is 10.2. The largest absolute Gasteiger partial charge is 0.372 e. The summed E-state index contributed by atoms with van der Waals surface area (Å²) in [6.45, 7) is 4.00. The Morgan fingerprint density at radius 2 is 1.53 bits per heavy atom. The van der Waals surface area contributed by atoms with Gasteiger partial charge in [-0.2, -0.15) is 0 Å². The SMILES string of the molecule is Cc1ccc(S(=O)(=O)Nc2ccc(C(=O)Nc3ccc(N4CCCC4)cc3)c(Cl)c2)cc1. The lowest BCUT2D eigenvalue weighted by Gasteiger charge is -2.18. The van der Waals surface area contributed by atoms with Gasteiger partial charge in [0.25, 0.3) is 15.9 Å². The summed E-state index contributed by atoms with van der Waals surface area (Å²) in [5.41, 5.74) is 3.31. The molecule has 3 aromatic rings. The number of carbonyl (C=O) groups is 1. The number of sulfonamides is 1. The molecule has 0 saturated carbocycles. The van der Waals surface area contributed by atoms with E-state index in [2.05, 4.69) is 14.9 Å². The van der Waals surface area contributed by atoms with Crippen molar-refractivity contribution in [1.29, 1.82) is 0 Å². The van der Waals surface area contributed by atoms with Crippen molar-refractivity contribution in [2.75, 3.05) is 28.0 Å². The molecule has 1 aliphatic rings. The Labute approximate surface area is 193 Å². The minimum Gasteiger partial charge on any atom is -0.372 e. The van der Waals surface area contributed by atoms with E-state index in [4.69, 9.17) is 11.6 Å². The Morgan fingerprint density at radius 3 is 2.16 bits per heavy atom. The second-order valence-corrected chi connectivity index (χ2v) is 9.90. The fourth-order valence-electron chi connectivity index (χ4n) is 3.62. The molecule has 4 rings (SSSR count). The van der Waals surface area contributed by atoms with Gasteiger partial charge in [0, 0.05) is 24.5 Å². The number of nitrogens with one attached hydrogen (secondary N) is 2. The molecule has 0 radical (unpaired) electrons. The van der Waals surface area contributed by atoms with Gasteiger partial charge in [-0.05, 0) is 74.4 Å². The summed E-state index contributed by atoms with van der Waals surface area (Å²) in [4.78, 5) is 15.2. The maximum absolute atomic E-state index is 12.7. The van der Waals surface area contributed by atoms with E-state index in [0.717, 1.165) is 24.3 Å². The Morgan fingerprint density at radius 1 is 0.906 bits per heavy atom. The fraction of sp³-hybridized carbons (Fsp3) is 0.208. The summed E-state index contributed by atoms with van der Waals surface area (Å²) in [6.07, 6.45) is 2.41. The van der Waals surface area contributed by atoms with Crippen LogP contribution in [0.3, 0.4) is 0 Å². The van der Waals surface area contributed by atoms with Gasteiger partial charge in [-0.25, -0.2) is 8.42 Å². The molecule has 1 amide bonds. The van der Waals surface area contributed by atoms with Crippen molar-refractivity contribution in [2.24, 2.45) is 0 Å². The third-order valence-electron chi connectivity index (χ3n) is 5.39. The molecule has 0 aliphatic carbocycles. The average molecular weight is 470 g/mol. The van der Waals surface area contributed by atoms with Gasteiger partial charge in [0.05, 0.1) is 21.2 Å². The minimum absolute atomic E-state index is 0.151. The Bertz CT molecular complexity index is 1220. The van der Waals surface area contributed by atoms with Crippen molar-refractivity contribution in [2.45, 2.75) is 24.7 Å². The summed E-state index contributed by atoms with van der Waals surface area (Å²) in [6, 6.07) is 18.7. The first-order valence-electron chi connectivity index (χ1n) is 10.4. The number of carbonyl (C=O) groups excluding carboxylic acids is 1. The number of rotatable bonds is 6. The third-order valence-corrected chi connectivity index (χ3v) is 7.10. The first kappa shape index (κ1) is 22.2. The second-order valence-electron chi connectivity index (χ2n) is 7.81. The van der Waals surface area contributed by atoms with Crippen LogP contribution in [0.4, 0.5) is 17.1 Å². The molecule has 8 heteroatoms. The predicted molar refractivity (Wildman–Crippen MR) is 129 cm³/mol. The second kappa shape index (κ2) is 9.22. The van der Waals surface area contributed by atoms with Crippen molar-refractivity contribution in [3.8, 4) is 0 Å². The van der Waals surface area contributed by atoms with Crippen LogP contribution in [-0.2, 0) is 10.0 Å². The van der Waals surface area contributed by atoms with Gasteiger partial charge in [0.2, 0.25) is 0 Å². The maximum Gasteiger partial charge on any atom is 0.261 e. The molecule has 3 aromatic carbocycles. The summed E-state index contributed by atoms with van der Waals surface area (Å²) in [7, 11) is -3.75. The first-order chi connectivity index (χ1) is 15.3. The predicted octanol–water partition coefficient (Wildman–Crippen LogP) is 5.30. The highest BCUT2D eigenvalue weighted by atomic mass is 35.5. The molecular weight excluding hydrogens is 446 g/mol. The van der Waals surface area contributed by atoms with E-state index in [1.807, 2.05) is 31.2 Å². The summed E-state index contributed by atoms with van der Waals surface area (Å²) in [5, 5.41) is 2.99. The minimum atomic E-state index is -3.75. The van der Waals surface area contributed by atoms with Crippen LogP contribution in [-0.4, -0.2) is 27.4 Å². The first-order valence-corrected chi connectivity index (χ1v) is 12.2. The van der Waals surface area contributed by atoms with Crippen LogP contribution in [0.2, 0.25) is 5.02 Å². The van der Waals surface area contributed by atoms with Gasteiger partial charge in [0.15, 0.2) is 0 Å². The van der Waals surface area contributed by atoms with Crippen molar-refractivity contribution >= 4 is 44.6 Å².